The molecule has 0 spiro atoms. The van der Waals surface area contributed by atoms with Gasteiger partial charge in [-0.3, -0.25) is 4.79 Å². The maximum atomic E-state index is 10.3. The molecule has 1 aromatic heterocycles. The van der Waals surface area contributed by atoms with Gasteiger partial charge in [0.25, 0.3) is 0 Å². The summed E-state index contributed by atoms with van der Waals surface area (Å²) in [4.78, 5) is 14.4. The molecule has 0 aliphatic carbocycles. The van der Waals surface area contributed by atoms with E-state index in [1.165, 1.54) is 0 Å². The third-order valence-corrected chi connectivity index (χ3v) is 1.95. The van der Waals surface area contributed by atoms with Crippen molar-refractivity contribution in [3.05, 3.63) is 28.5 Å². The van der Waals surface area contributed by atoms with Crippen molar-refractivity contribution in [1.29, 1.82) is 0 Å². The van der Waals surface area contributed by atoms with Gasteiger partial charge in [-0.1, -0.05) is 6.07 Å². The molecule has 1 rings (SSSR count). The minimum absolute atomic E-state index is 0.108. The Labute approximate surface area is 83.9 Å². The summed E-state index contributed by atoms with van der Waals surface area (Å²) >= 11 is 3.18. The van der Waals surface area contributed by atoms with Gasteiger partial charge in [0.15, 0.2) is 0 Å². The summed E-state index contributed by atoms with van der Waals surface area (Å²) < 4.78 is 0.658. The molecule has 0 bridgehead atoms. The zero-order valence-corrected chi connectivity index (χ0v) is 8.36. The highest BCUT2D eigenvalue weighted by molar-refractivity contribution is 9.10. The number of carboxylic acids is 1. The number of aliphatic carboxylic acids is 1. The van der Waals surface area contributed by atoms with Crippen LogP contribution in [-0.4, -0.2) is 16.1 Å². The van der Waals surface area contributed by atoms with Gasteiger partial charge in [-0.05, 0) is 28.1 Å². The van der Waals surface area contributed by atoms with Crippen LogP contribution < -0.4 is 5.73 Å². The van der Waals surface area contributed by atoms with Crippen LogP contribution in [0.3, 0.4) is 0 Å². The highest BCUT2D eigenvalue weighted by Gasteiger charge is 2.11. The predicted molar refractivity (Wildman–Crippen MR) is 51.1 cm³/mol. The number of nitrogens with two attached hydrogens (primary N) is 1. The summed E-state index contributed by atoms with van der Waals surface area (Å²) in [5.41, 5.74) is 6.18. The van der Waals surface area contributed by atoms with Crippen molar-refractivity contribution in [2.45, 2.75) is 12.5 Å². The van der Waals surface area contributed by atoms with Crippen LogP contribution in [-0.2, 0) is 4.79 Å². The van der Waals surface area contributed by atoms with E-state index in [0.717, 1.165) is 0 Å². The van der Waals surface area contributed by atoms with Crippen LogP contribution in [0.2, 0.25) is 0 Å². The molecule has 13 heavy (non-hydrogen) atoms. The molecule has 70 valence electrons. The molecule has 4 nitrogen and oxygen atoms in total. The van der Waals surface area contributed by atoms with Crippen LogP contribution >= 0.6 is 15.9 Å². The van der Waals surface area contributed by atoms with Gasteiger partial charge in [0.2, 0.25) is 0 Å². The van der Waals surface area contributed by atoms with Gasteiger partial charge >= 0.3 is 5.97 Å². The topological polar surface area (TPSA) is 76.2 Å². The van der Waals surface area contributed by atoms with Crippen molar-refractivity contribution in [2.75, 3.05) is 0 Å². The van der Waals surface area contributed by atoms with Crippen LogP contribution in [0, 0.1) is 0 Å². The van der Waals surface area contributed by atoms with Crippen molar-refractivity contribution in [3.63, 3.8) is 0 Å². The molecule has 0 unspecified atom stereocenters. The zero-order chi connectivity index (χ0) is 9.84. The largest absolute Gasteiger partial charge is 0.481 e. The molecule has 0 aromatic carbocycles. The fourth-order valence-electron chi connectivity index (χ4n) is 0.923. The monoisotopic (exact) mass is 244 g/mol. The molecule has 0 saturated heterocycles. The van der Waals surface area contributed by atoms with E-state index < -0.39 is 12.0 Å². The number of rotatable bonds is 3. The van der Waals surface area contributed by atoms with Crippen molar-refractivity contribution >= 4 is 21.9 Å². The summed E-state index contributed by atoms with van der Waals surface area (Å²) in [5.74, 6) is -0.922. The number of pyridine rings is 1. The Kier molecular flexibility index (Phi) is 3.39. The molecule has 3 N–H and O–H groups in total. The standard InChI is InChI=1S/C8H9BrN2O2/c9-7-3-1-2-6(11-7)5(10)4-8(12)13/h1-3,5H,4,10H2,(H,12,13)/t5-/m0/s1. The molecule has 0 amide bonds. The van der Waals surface area contributed by atoms with Crippen molar-refractivity contribution in [1.82, 2.24) is 4.98 Å². The van der Waals surface area contributed by atoms with E-state index in [1.807, 2.05) is 0 Å². The maximum absolute atomic E-state index is 10.3. The second-order valence-corrected chi connectivity index (χ2v) is 3.40. The molecule has 0 saturated carbocycles. The molecular weight excluding hydrogens is 236 g/mol. The summed E-state index contributed by atoms with van der Waals surface area (Å²) in [7, 11) is 0. The number of hydrogen-bond donors (Lipinski definition) is 2. The number of hydrogen-bond acceptors (Lipinski definition) is 3. The number of carboxylic acid groups (broad SMARTS) is 1. The van der Waals surface area contributed by atoms with E-state index in [0.29, 0.717) is 10.3 Å². The first kappa shape index (κ1) is 10.1. The minimum atomic E-state index is -0.922. The molecule has 0 aliphatic rings. The number of aromatic nitrogens is 1. The first-order valence-corrected chi connectivity index (χ1v) is 4.48. The summed E-state index contributed by atoms with van der Waals surface area (Å²) in [6.45, 7) is 0. The lowest BCUT2D eigenvalue weighted by Gasteiger charge is -2.07. The number of nitrogens with zero attached hydrogens (tertiary/aromatic N) is 1. The van der Waals surface area contributed by atoms with Gasteiger partial charge in [0.05, 0.1) is 18.2 Å². The lowest BCUT2D eigenvalue weighted by atomic mass is 10.1. The molecule has 0 radical (unpaired) electrons. The molecular formula is C8H9BrN2O2. The van der Waals surface area contributed by atoms with E-state index in [9.17, 15) is 4.79 Å². The van der Waals surface area contributed by atoms with Gasteiger partial charge in [0.1, 0.15) is 4.60 Å². The van der Waals surface area contributed by atoms with Gasteiger partial charge < -0.3 is 10.8 Å². The summed E-state index contributed by atoms with van der Waals surface area (Å²) in [5, 5.41) is 8.50. The fraction of sp³-hybridized carbons (Fsp3) is 0.250. The Morgan fingerprint density at radius 1 is 1.69 bits per heavy atom. The van der Waals surface area contributed by atoms with Gasteiger partial charge in [-0.25, -0.2) is 4.98 Å². The van der Waals surface area contributed by atoms with E-state index in [-0.39, 0.29) is 6.42 Å². The van der Waals surface area contributed by atoms with Gasteiger partial charge in [0, 0.05) is 0 Å². The molecule has 5 heteroatoms. The Morgan fingerprint density at radius 2 is 2.38 bits per heavy atom. The Balaban J connectivity index is 2.76. The Hall–Kier alpha value is -0.940. The maximum Gasteiger partial charge on any atom is 0.305 e. The lowest BCUT2D eigenvalue weighted by molar-refractivity contribution is -0.137. The smallest absolute Gasteiger partial charge is 0.305 e. The normalized spacial score (nSPS) is 12.5. The molecule has 1 aromatic rings. The summed E-state index contributed by atoms with van der Waals surface area (Å²) in [6, 6.07) is 4.69. The van der Waals surface area contributed by atoms with E-state index in [1.54, 1.807) is 18.2 Å². The van der Waals surface area contributed by atoms with E-state index in [4.69, 9.17) is 10.8 Å². The average Bonchev–Trinajstić information content (AvgIpc) is 2.03. The van der Waals surface area contributed by atoms with Crippen LogP contribution in [0.1, 0.15) is 18.2 Å². The minimum Gasteiger partial charge on any atom is -0.481 e. The molecule has 0 fully saturated rings. The van der Waals surface area contributed by atoms with Crippen LogP contribution in [0.5, 0.6) is 0 Å². The fourth-order valence-corrected chi connectivity index (χ4v) is 1.28. The lowest BCUT2D eigenvalue weighted by Crippen LogP contribution is -2.16. The van der Waals surface area contributed by atoms with Gasteiger partial charge in [-0.15, -0.1) is 0 Å². The van der Waals surface area contributed by atoms with Crippen LogP contribution in [0.4, 0.5) is 0 Å². The highest BCUT2D eigenvalue weighted by atomic mass is 79.9. The van der Waals surface area contributed by atoms with Crippen molar-refractivity contribution in [2.24, 2.45) is 5.73 Å². The molecule has 0 aliphatic heterocycles. The number of carbonyl (C=O) groups is 1. The third-order valence-electron chi connectivity index (χ3n) is 1.51. The first-order valence-electron chi connectivity index (χ1n) is 3.69. The first-order chi connectivity index (χ1) is 6.09. The van der Waals surface area contributed by atoms with Crippen LogP contribution in [0.25, 0.3) is 0 Å². The van der Waals surface area contributed by atoms with E-state index in [2.05, 4.69) is 20.9 Å². The SMILES string of the molecule is N[C@@H](CC(=O)O)c1cccc(Br)n1. The molecule has 1 atom stereocenters. The predicted octanol–water partition coefficient (Wildman–Crippen LogP) is 1.32. The average molecular weight is 245 g/mol. The molecule has 1 heterocycles. The second-order valence-electron chi connectivity index (χ2n) is 2.59. The third kappa shape index (κ3) is 3.12. The quantitative estimate of drug-likeness (QED) is 0.787. The van der Waals surface area contributed by atoms with Crippen molar-refractivity contribution < 1.29 is 9.90 Å². The van der Waals surface area contributed by atoms with Crippen molar-refractivity contribution in [3.8, 4) is 0 Å². The van der Waals surface area contributed by atoms with Crippen LogP contribution in [0.15, 0.2) is 22.8 Å². The summed E-state index contributed by atoms with van der Waals surface area (Å²) in [6.07, 6.45) is -0.108. The van der Waals surface area contributed by atoms with Gasteiger partial charge in [-0.2, -0.15) is 0 Å². The highest BCUT2D eigenvalue weighted by Crippen LogP contribution is 2.14. The number of halogens is 1. The second kappa shape index (κ2) is 4.34. The van der Waals surface area contributed by atoms with E-state index >= 15 is 0 Å². The Morgan fingerprint density at radius 3 is 2.92 bits per heavy atom. The zero-order valence-electron chi connectivity index (χ0n) is 6.77. The Bertz CT molecular complexity index is 317.